The molecular weight excluding hydrogens is 410 g/mol. The van der Waals surface area contributed by atoms with Gasteiger partial charge < -0.3 is 9.88 Å². The van der Waals surface area contributed by atoms with Crippen molar-refractivity contribution in [1.82, 2.24) is 24.6 Å². The zero-order valence-corrected chi connectivity index (χ0v) is 18.9. The number of benzene rings is 1. The number of nitrogens with one attached hydrogen (secondary N) is 1. The van der Waals surface area contributed by atoms with Crippen molar-refractivity contribution in [3.05, 3.63) is 77.1 Å². The lowest BCUT2D eigenvalue weighted by Gasteiger charge is -2.09. The predicted molar refractivity (Wildman–Crippen MR) is 126 cm³/mol. The highest BCUT2D eigenvalue weighted by atomic mass is 35.5. The van der Waals surface area contributed by atoms with Crippen LogP contribution in [-0.2, 0) is 6.54 Å². The van der Waals surface area contributed by atoms with Gasteiger partial charge in [-0.1, -0.05) is 68.3 Å². The maximum Gasteiger partial charge on any atom is 0.275 e. The van der Waals surface area contributed by atoms with E-state index in [2.05, 4.69) is 22.3 Å². The lowest BCUT2D eigenvalue weighted by Crippen LogP contribution is -2.25. The number of rotatable bonds is 9. The van der Waals surface area contributed by atoms with Crippen LogP contribution in [0, 0.1) is 6.92 Å². The van der Waals surface area contributed by atoms with E-state index >= 15 is 0 Å². The molecule has 0 radical (unpaired) electrons. The average molecular weight is 438 g/mol. The molecule has 0 aliphatic rings. The number of aromatic nitrogens is 4. The number of halogens is 1. The summed E-state index contributed by atoms with van der Waals surface area (Å²) in [5.41, 5.74) is 3.05. The number of hydrogen-bond donors (Lipinski definition) is 1. The van der Waals surface area contributed by atoms with Crippen molar-refractivity contribution in [3.63, 3.8) is 0 Å². The van der Waals surface area contributed by atoms with Gasteiger partial charge in [0.05, 0.1) is 16.9 Å². The molecule has 1 aromatic carbocycles. The molecule has 6 nitrogen and oxygen atoms in total. The zero-order chi connectivity index (χ0) is 22.2. The summed E-state index contributed by atoms with van der Waals surface area (Å²) in [5.74, 6) is 0.593. The molecule has 0 aliphatic carbocycles. The quantitative estimate of drug-likeness (QED) is 0.436. The van der Waals surface area contributed by atoms with Gasteiger partial charge in [0, 0.05) is 30.2 Å². The summed E-state index contributed by atoms with van der Waals surface area (Å²) in [6, 6.07) is 10.0. The molecule has 3 rings (SSSR count). The summed E-state index contributed by atoms with van der Waals surface area (Å²) in [6.45, 7) is 6.71. The standard InChI is InChI=1S/C24H28ClN5O/c1-4-6-12-20(28-24(31)23-21(25)16-26-30(23)14-5-2)13-15-29-17-22(27-18(29)3)19-10-8-7-9-11-19/h7-13,15-17H,4-6,14H2,1-3H3,(H,28,31)/b15-13-,20-12-. The Bertz CT molecular complexity index is 1080. The molecule has 0 aliphatic heterocycles. The lowest BCUT2D eigenvalue weighted by molar-refractivity contribution is 0.0956. The predicted octanol–water partition coefficient (Wildman–Crippen LogP) is 5.70. The number of aryl methyl sites for hydroxylation is 2. The monoisotopic (exact) mass is 437 g/mol. The van der Waals surface area contributed by atoms with Crippen molar-refractivity contribution in [2.24, 2.45) is 0 Å². The van der Waals surface area contributed by atoms with Crippen LogP contribution in [0.2, 0.25) is 5.02 Å². The molecule has 0 saturated heterocycles. The molecule has 7 heteroatoms. The van der Waals surface area contributed by atoms with Gasteiger partial charge in [0.2, 0.25) is 0 Å². The first-order chi connectivity index (χ1) is 15.0. The van der Waals surface area contributed by atoms with E-state index < -0.39 is 0 Å². The van der Waals surface area contributed by atoms with E-state index in [-0.39, 0.29) is 5.91 Å². The molecule has 1 amide bonds. The maximum absolute atomic E-state index is 12.9. The number of amides is 1. The zero-order valence-electron chi connectivity index (χ0n) is 18.2. The van der Waals surface area contributed by atoms with Crippen LogP contribution < -0.4 is 5.32 Å². The van der Waals surface area contributed by atoms with Gasteiger partial charge in [0.1, 0.15) is 11.5 Å². The lowest BCUT2D eigenvalue weighted by atomic mass is 10.2. The smallest absolute Gasteiger partial charge is 0.275 e. The van der Waals surface area contributed by atoms with E-state index in [9.17, 15) is 4.79 Å². The van der Waals surface area contributed by atoms with E-state index in [1.165, 1.54) is 6.20 Å². The normalized spacial score (nSPS) is 11.9. The highest BCUT2D eigenvalue weighted by Crippen LogP contribution is 2.19. The summed E-state index contributed by atoms with van der Waals surface area (Å²) >= 11 is 6.22. The van der Waals surface area contributed by atoms with Crippen LogP contribution in [0.25, 0.3) is 17.5 Å². The molecule has 162 valence electrons. The Hall–Kier alpha value is -3.12. The van der Waals surface area contributed by atoms with E-state index in [0.29, 0.717) is 23.0 Å². The topological polar surface area (TPSA) is 64.7 Å². The van der Waals surface area contributed by atoms with Gasteiger partial charge >= 0.3 is 0 Å². The van der Waals surface area contributed by atoms with E-state index in [1.807, 2.05) is 73.3 Å². The number of allylic oxidation sites excluding steroid dienone is 2. The van der Waals surface area contributed by atoms with E-state index in [4.69, 9.17) is 11.6 Å². The van der Waals surface area contributed by atoms with Crippen LogP contribution >= 0.6 is 11.6 Å². The molecule has 0 spiro atoms. The molecule has 0 bridgehead atoms. The van der Waals surface area contributed by atoms with E-state index in [0.717, 1.165) is 36.3 Å². The molecule has 2 aromatic heterocycles. The summed E-state index contributed by atoms with van der Waals surface area (Å²) in [7, 11) is 0. The Balaban J connectivity index is 1.81. The molecule has 0 atom stereocenters. The van der Waals surface area contributed by atoms with Crippen LogP contribution in [0.15, 0.2) is 60.6 Å². The fourth-order valence-corrected chi connectivity index (χ4v) is 3.39. The van der Waals surface area contributed by atoms with Crippen LogP contribution in [-0.4, -0.2) is 25.2 Å². The second-order valence-corrected chi connectivity index (χ2v) is 7.64. The minimum atomic E-state index is -0.268. The Kier molecular flexibility index (Phi) is 7.84. The van der Waals surface area contributed by atoms with Crippen LogP contribution in [0.5, 0.6) is 0 Å². The summed E-state index contributed by atoms with van der Waals surface area (Å²) < 4.78 is 3.59. The molecule has 3 aromatic rings. The van der Waals surface area contributed by atoms with Crippen molar-refractivity contribution >= 4 is 23.7 Å². The fraction of sp³-hybridized carbons (Fsp3) is 0.292. The number of carbonyl (C=O) groups is 1. The van der Waals surface area contributed by atoms with Crippen LogP contribution in [0.1, 0.15) is 49.4 Å². The number of unbranched alkanes of at least 4 members (excludes halogenated alkanes) is 1. The minimum absolute atomic E-state index is 0.268. The molecule has 1 N–H and O–H groups in total. The summed E-state index contributed by atoms with van der Waals surface area (Å²) in [6.07, 6.45) is 12.0. The molecule has 0 unspecified atom stereocenters. The summed E-state index contributed by atoms with van der Waals surface area (Å²) in [4.78, 5) is 17.6. The third kappa shape index (κ3) is 5.73. The number of carbonyl (C=O) groups excluding carboxylic acids is 1. The largest absolute Gasteiger partial charge is 0.321 e. The minimum Gasteiger partial charge on any atom is -0.321 e. The molecule has 0 saturated carbocycles. The third-order valence-electron chi connectivity index (χ3n) is 4.76. The van der Waals surface area contributed by atoms with E-state index in [1.54, 1.807) is 4.68 Å². The Labute approximate surface area is 188 Å². The molecule has 2 heterocycles. The Morgan fingerprint density at radius 3 is 2.68 bits per heavy atom. The van der Waals surface area contributed by atoms with Gasteiger partial charge in [-0.2, -0.15) is 5.10 Å². The third-order valence-corrected chi connectivity index (χ3v) is 5.03. The first-order valence-electron chi connectivity index (χ1n) is 10.5. The molecule has 31 heavy (non-hydrogen) atoms. The molecule has 0 fully saturated rings. The Morgan fingerprint density at radius 2 is 1.97 bits per heavy atom. The van der Waals surface area contributed by atoms with Crippen molar-refractivity contribution in [2.75, 3.05) is 0 Å². The number of hydrogen-bond acceptors (Lipinski definition) is 3. The van der Waals surface area contributed by atoms with Gasteiger partial charge in [0.25, 0.3) is 5.91 Å². The van der Waals surface area contributed by atoms with Crippen molar-refractivity contribution in [1.29, 1.82) is 0 Å². The van der Waals surface area contributed by atoms with Crippen LogP contribution in [0.3, 0.4) is 0 Å². The second-order valence-electron chi connectivity index (χ2n) is 7.23. The van der Waals surface area contributed by atoms with Crippen molar-refractivity contribution in [2.45, 2.75) is 46.6 Å². The number of imidazole rings is 1. The first-order valence-corrected chi connectivity index (χ1v) is 10.9. The van der Waals surface area contributed by atoms with Gasteiger partial charge in [-0.25, -0.2) is 4.98 Å². The van der Waals surface area contributed by atoms with Crippen LogP contribution in [0.4, 0.5) is 0 Å². The van der Waals surface area contributed by atoms with Gasteiger partial charge in [-0.05, 0) is 25.8 Å². The summed E-state index contributed by atoms with van der Waals surface area (Å²) in [5, 5.41) is 7.53. The number of nitrogens with zero attached hydrogens (tertiary/aromatic N) is 4. The average Bonchev–Trinajstić information content (AvgIpc) is 3.33. The SMILES string of the molecule is CCC/C=C(/C=C\n1cc(-c2ccccc2)nc1C)NC(=O)c1c(Cl)cnn1CCC. The second kappa shape index (κ2) is 10.8. The first kappa shape index (κ1) is 22.6. The maximum atomic E-state index is 12.9. The highest BCUT2D eigenvalue weighted by molar-refractivity contribution is 6.33. The van der Waals surface area contributed by atoms with Gasteiger partial charge in [-0.3, -0.25) is 9.48 Å². The highest BCUT2D eigenvalue weighted by Gasteiger charge is 2.17. The fourth-order valence-electron chi connectivity index (χ4n) is 3.17. The van der Waals surface area contributed by atoms with Crippen molar-refractivity contribution in [3.8, 4) is 11.3 Å². The Morgan fingerprint density at radius 1 is 1.19 bits per heavy atom. The van der Waals surface area contributed by atoms with Crippen molar-refractivity contribution < 1.29 is 4.79 Å². The van der Waals surface area contributed by atoms with Gasteiger partial charge in [-0.15, -0.1) is 0 Å². The van der Waals surface area contributed by atoms with Gasteiger partial charge in [0.15, 0.2) is 0 Å². The molecular formula is C24H28ClN5O.